The fourth-order valence-electron chi connectivity index (χ4n) is 3.60. The number of esters is 1. The molecule has 0 radical (unpaired) electrons. The van der Waals surface area contributed by atoms with Crippen LogP contribution in [0, 0.1) is 0 Å². The molecule has 0 spiro atoms. The van der Waals surface area contributed by atoms with Crippen LogP contribution in [0.4, 0.5) is 9.93 Å². The van der Waals surface area contributed by atoms with Crippen LogP contribution >= 0.6 is 11.3 Å². The van der Waals surface area contributed by atoms with Gasteiger partial charge in [-0.3, -0.25) is 19.7 Å². The summed E-state index contributed by atoms with van der Waals surface area (Å²) >= 11 is 1.01. The fraction of sp³-hybridized carbons (Fsp3) is 0.348. The van der Waals surface area contributed by atoms with Crippen LogP contribution in [0.15, 0.2) is 47.1 Å². The summed E-state index contributed by atoms with van der Waals surface area (Å²) in [5.74, 6) is -2.57. The van der Waals surface area contributed by atoms with Crippen molar-refractivity contribution in [2.24, 2.45) is 5.16 Å². The van der Waals surface area contributed by atoms with Gasteiger partial charge in [-0.25, -0.2) is 24.6 Å². The number of aromatic nitrogens is 1. The van der Waals surface area contributed by atoms with E-state index in [1.807, 2.05) is 0 Å². The third-order valence-corrected chi connectivity index (χ3v) is 5.95. The van der Waals surface area contributed by atoms with Crippen molar-refractivity contribution in [3.05, 3.63) is 47.7 Å². The third-order valence-electron chi connectivity index (χ3n) is 5.20. The summed E-state index contributed by atoms with van der Waals surface area (Å²) in [6.07, 6.45) is 2.14. The van der Waals surface area contributed by atoms with Crippen LogP contribution in [0.5, 0.6) is 0 Å². The van der Waals surface area contributed by atoms with E-state index in [9.17, 15) is 24.0 Å². The highest BCUT2D eigenvalue weighted by molar-refractivity contribution is 7.14. The zero-order valence-corrected chi connectivity index (χ0v) is 21.5. The Hall–Kier alpha value is -4.37. The number of nitrogens with zero attached hydrogens (tertiary/aromatic N) is 4. The van der Waals surface area contributed by atoms with Crippen molar-refractivity contribution in [1.82, 2.24) is 20.3 Å². The van der Waals surface area contributed by atoms with Crippen molar-refractivity contribution in [1.29, 1.82) is 0 Å². The van der Waals surface area contributed by atoms with Gasteiger partial charge in [-0.1, -0.05) is 37.4 Å². The molecular formula is C23H26N6O8S. The number of hydrazine groups is 1. The average molecular weight is 547 g/mol. The van der Waals surface area contributed by atoms with Gasteiger partial charge in [-0.2, -0.15) is 0 Å². The standard InChI is InChI=1S/C23H26N6O8S/c1-5-8-36-21(33)18-13(16(30)7-3)10-28-11-14(20(32)29(18)28)24-19(31)17(27-35-4)15-12-38-22(25-15)26-23(34)37-9-6-2/h5-6,12,14H,1-2,7-11H2,3-4H3,(H,24,31)(H,25,26,34)/b27-17+. The Morgan fingerprint density at radius 2 is 1.95 bits per heavy atom. The molecular weight excluding hydrogens is 520 g/mol. The number of nitrogens with one attached hydrogen (secondary N) is 2. The van der Waals surface area contributed by atoms with Crippen LogP contribution in [0.3, 0.4) is 0 Å². The fourth-order valence-corrected chi connectivity index (χ4v) is 4.28. The van der Waals surface area contributed by atoms with Gasteiger partial charge in [0.15, 0.2) is 22.3 Å². The normalized spacial score (nSPS) is 17.1. The van der Waals surface area contributed by atoms with Gasteiger partial charge in [0.2, 0.25) is 0 Å². The van der Waals surface area contributed by atoms with E-state index in [0.29, 0.717) is 0 Å². The molecule has 3 heterocycles. The maximum Gasteiger partial charge on any atom is 0.413 e. The van der Waals surface area contributed by atoms with Gasteiger partial charge in [0.05, 0.1) is 0 Å². The number of ketones is 1. The Morgan fingerprint density at radius 1 is 1.24 bits per heavy atom. The molecule has 0 bridgehead atoms. The van der Waals surface area contributed by atoms with Gasteiger partial charge < -0.3 is 19.6 Å². The Labute approximate surface area is 221 Å². The summed E-state index contributed by atoms with van der Waals surface area (Å²) in [5, 5.41) is 12.8. The van der Waals surface area contributed by atoms with Gasteiger partial charge in [-0.15, -0.1) is 11.3 Å². The summed E-state index contributed by atoms with van der Waals surface area (Å²) in [4.78, 5) is 72.1. The molecule has 14 nitrogen and oxygen atoms in total. The molecule has 1 aromatic rings. The molecule has 38 heavy (non-hydrogen) atoms. The van der Waals surface area contributed by atoms with Gasteiger partial charge in [0, 0.05) is 30.5 Å². The molecule has 1 unspecified atom stereocenters. The predicted octanol–water partition coefficient (Wildman–Crippen LogP) is 0.748. The number of amides is 3. The zero-order chi connectivity index (χ0) is 27.8. The molecule has 2 N–H and O–H groups in total. The highest BCUT2D eigenvalue weighted by atomic mass is 32.1. The molecule has 0 aliphatic carbocycles. The minimum Gasteiger partial charge on any atom is -0.457 e. The first kappa shape index (κ1) is 28.2. The molecule has 2 aliphatic heterocycles. The predicted molar refractivity (Wildman–Crippen MR) is 135 cm³/mol. The van der Waals surface area contributed by atoms with Crippen molar-refractivity contribution in [2.45, 2.75) is 19.4 Å². The summed E-state index contributed by atoms with van der Waals surface area (Å²) in [6.45, 7) is 8.47. The van der Waals surface area contributed by atoms with Crippen LogP contribution in [0.25, 0.3) is 0 Å². The zero-order valence-electron chi connectivity index (χ0n) is 20.7. The van der Waals surface area contributed by atoms with E-state index in [4.69, 9.17) is 14.3 Å². The second kappa shape index (κ2) is 12.7. The van der Waals surface area contributed by atoms with Crippen molar-refractivity contribution < 1.29 is 38.3 Å². The van der Waals surface area contributed by atoms with Crippen LogP contribution in [0.1, 0.15) is 19.0 Å². The number of ether oxygens (including phenoxy) is 2. The Kier molecular flexibility index (Phi) is 9.45. The van der Waals surface area contributed by atoms with E-state index in [2.05, 4.69) is 33.9 Å². The summed E-state index contributed by atoms with van der Waals surface area (Å²) in [6, 6.07) is -1.07. The van der Waals surface area contributed by atoms with Gasteiger partial charge in [-0.05, 0) is 0 Å². The molecule has 202 valence electrons. The minimum atomic E-state index is -1.07. The molecule has 2 aliphatic rings. The number of hydrogen-bond donors (Lipinski definition) is 2. The number of carbonyl (C=O) groups is 5. The maximum atomic E-state index is 13.2. The quantitative estimate of drug-likeness (QED) is 0.165. The Balaban J connectivity index is 1.76. The maximum absolute atomic E-state index is 13.2. The van der Waals surface area contributed by atoms with Crippen molar-refractivity contribution in [3.63, 3.8) is 0 Å². The number of Topliss-reactive ketones (excluding diaryl/α,β-unsaturated/α-hetero) is 1. The summed E-state index contributed by atoms with van der Waals surface area (Å²) in [7, 11) is 1.23. The smallest absolute Gasteiger partial charge is 0.413 e. The van der Waals surface area contributed by atoms with Crippen molar-refractivity contribution >= 4 is 51.8 Å². The number of anilines is 1. The molecule has 0 aromatic carbocycles. The van der Waals surface area contributed by atoms with E-state index in [1.165, 1.54) is 29.7 Å². The van der Waals surface area contributed by atoms with Crippen LogP contribution in [-0.4, -0.2) is 89.8 Å². The first-order valence-corrected chi connectivity index (χ1v) is 12.2. The van der Waals surface area contributed by atoms with Crippen LogP contribution < -0.4 is 10.6 Å². The molecule has 15 heteroatoms. The highest BCUT2D eigenvalue weighted by Crippen LogP contribution is 2.31. The number of rotatable bonds is 12. The second-order valence-electron chi connectivity index (χ2n) is 7.69. The summed E-state index contributed by atoms with van der Waals surface area (Å²) in [5.41, 5.74) is -0.196. The first-order valence-electron chi connectivity index (χ1n) is 11.3. The molecule has 1 atom stereocenters. The molecule has 0 saturated carbocycles. The average Bonchev–Trinajstić information content (AvgIpc) is 3.59. The molecule has 1 fully saturated rings. The Bertz CT molecular complexity index is 1220. The minimum absolute atomic E-state index is 0.00326. The molecule has 1 saturated heterocycles. The summed E-state index contributed by atoms with van der Waals surface area (Å²) < 4.78 is 9.92. The van der Waals surface area contributed by atoms with E-state index in [0.717, 1.165) is 16.3 Å². The highest BCUT2D eigenvalue weighted by Gasteiger charge is 2.49. The van der Waals surface area contributed by atoms with E-state index < -0.39 is 29.9 Å². The van der Waals surface area contributed by atoms with Crippen LogP contribution in [0.2, 0.25) is 0 Å². The number of hydrogen-bond acceptors (Lipinski definition) is 12. The first-order chi connectivity index (χ1) is 18.2. The van der Waals surface area contributed by atoms with Crippen molar-refractivity contribution in [3.8, 4) is 0 Å². The largest absolute Gasteiger partial charge is 0.457 e. The SMILES string of the molecule is C=CCOC(=O)Nc1nc(/C(=N\OC)C(=O)NC2CN3CC(C(=O)CC)=C(C(=O)OCC=C)N3C2=O)cs1. The van der Waals surface area contributed by atoms with Crippen LogP contribution in [-0.2, 0) is 33.5 Å². The molecule has 3 amide bonds. The monoisotopic (exact) mass is 546 g/mol. The van der Waals surface area contributed by atoms with E-state index in [1.54, 1.807) is 6.92 Å². The van der Waals surface area contributed by atoms with Crippen molar-refractivity contribution in [2.75, 3.05) is 38.7 Å². The van der Waals surface area contributed by atoms with Gasteiger partial charge in [0.1, 0.15) is 32.1 Å². The number of thiazole rings is 1. The van der Waals surface area contributed by atoms with Gasteiger partial charge in [0.25, 0.3) is 11.8 Å². The Morgan fingerprint density at radius 3 is 2.61 bits per heavy atom. The molecule has 1 aromatic heterocycles. The number of fused-ring (bicyclic) bond motifs is 1. The second-order valence-corrected chi connectivity index (χ2v) is 8.54. The number of oxime groups is 1. The van der Waals surface area contributed by atoms with E-state index in [-0.39, 0.29) is 66.3 Å². The lowest BCUT2D eigenvalue weighted by Gasteiger charge is -2.20. The lowest BCUT2D eigenvalue weighted by atomic mass is 10.1. The topological polar surface area (TPSA) is 169 Å². The molecule has 3 rings (SSSR count). The van der Waals surface area contributed by atoms with E-state index >= 15 is 0 Å². The lowest BCUT2D eigenvalue weighted by Crippen LogP contribution is -2.46. The third kappa shape index (κ3) is 6.12. The lowest BCUT2D eigenvalue weighted by molar-refractivity contribution is -0.146. The van der Waals surface area contributed by atoms with Gasteiger partial charge >= 0.3 is 12.1 Å². The number of carbonyl (C=O) groups excluding carboxylic acids is 5.